The van der Waals surface area contributed by atoms with Gasteiger partial charge in [-0.15, -0.1) is 0 Å². The van der Waals surface area contributed by atoms with E-state index >= 15 is 0 Å². The number of rotatable bonds is 5. The van der Waals surface area contributed by atoms with Crippen molar-refractivity contribution < 1.29 is 27.9 Å². The maximum absolute atomic E-state index is 13.7. The summed E-state index contributed by atoms with van der Waals surface area (Å²) in [5.41, 5.74) is 3.27. The summed E-state index contributed by atoms with van der Waals surface area (Å²) < 4.78 is 32.6. The highest BCUT2D eigenvalue weighted by atomic mass is 19.3. The third-order valence-electron chi connectivity index (χ3n) is 6.69. The predicted molar refractivity (Wildman–Crippen MR) is 138 cm³/mol. The van der Waals surface area contributed by atoms with Crippen LogP contribution in [-0.4, -0.2) is 59.4 Å². The molecule has 0 radical (unpaired) electrons. The van der Waals surface area contributed by atoms with E-state index in [4.69, 9.17) is 10.00 Å². The van der Waals surface area contributed by atoms with Gasteiger partial charge in [0.05, 0.1) is 42.2 Å². The Kier molecular flexibility index (Phi) is 6.94. The maximum atomic E-state index is 13.7. The van der Waals surface area contributed by atoms with Gasteiger partial charge in [0.1, 0.15) is 6.04 Å². The molecule has 3 aromatic rings. The first-order chi connectivity index (χ1) is 18.8. The molecule has 1 aromatic heterocycles. The third kappa shape index (κ3) is 5.40. The topological polar surface area (TPSA) is 116 Å². The number of carbonyl (C=O) groups is 3. The summed E-state index contributed by atoms with van der Waals surface area (Å²) >= 11 is 0. The van der Waals surface area contributed by atoms with Crippen LogP contribution in [0.3, 0.4) is 0 Å². The lowest BCUT2D eigenvalue weighted by molar-refractivity contribution is -0.131. The summed E-state index contributed by atoms with van der Waals surface area (Å²) in [7, 11) is 0. The minimum absolute atomic E-state index is 0.220. The molecule has 1 unspecified atom stereocenters. The van der Waals surface area contributed by atoms with Gasteiger partial charge in [0, 0.05) is 24.5 Å². The zero-order valence-electron chi connectivity index (χ0n) is 20.6. The van der Waals surface area contributed by atoms with E-state index in [0.717, 1.165) is 22.6 Å². The van der Waals surface area contributed by atoms with Crippen molar-refractivity contribution in [1.82, 2.24) is 15.2 Å². The van der Waals surface area contributed by atoms with Gasteiger partial charge in [0.2, 0.25) is 5.91 Å². The van der Waals surface area contributed by atoms with E-state index in [2.05, 4.69) is 10.3 Å². The van der Waals surface area contributed by atoms with Crippen LogP contribution in [-0.2, 0) is 16.0 Å². The van der Waals surface area contributed by atoms with E-state index in [0.29, 0.717) is 23.0 Å². The molecule has 0 bridgehead atoms. The number of nitrogens with one attached hydrogen (secondary N) is 1. The average Bonchev–Trinajstić information content (AvgIpc) is 3.51. The fraction of sp³-hybridized carbons (Fsp3) is 0.250. The molecule has 0 saturated carbocycles. The van der Waals surface area contributed by atoms with Crippen molar-refractivity contribution in [3.8, 4) is 6.07 Å². The molecule has 9 nitrogen and oxygen atoms in total. The molecule has 0 aliphatic carbocycles. The number of nitrogens with zero attached hydrogens (tertiary/aromatic N) is 4. The van der Waals surface area contributed by atoms with Gasteiger partial charge in [-0.2, -0.15) is 5.26 Å². The summed E-state index contributed by atoms with van der Waals surface area (Å²) in [4.78, 5) is 44.5. The van der Waals surface area contributed by atoms with Crippen molar-refractivity contribution in [2.45, 2.75) is 24.8 Å². The van der Waals surface area contributed by atoms with Crippen LogP contribution in [0.1, 0.15) is 27.9 Å². The average molecular weight is 532 g/mol. The predicted octanol–water partition coefficient (Wildman–Crippen LogP) is 3.89. The molecule has 39 heavy (non-hydrogen) atoms. The van der Waals surface area contributed by atoms with Crippen molar-refractivity contribution in [2.24, 2.45) is 0 Å². The second-order valence-corrected chi connectivity index (χ2v) is 9.26. The summed E-state index contributed by atoms with van der Waals surface area (Å²) in [6.07, 6.45) is 3.82. The van der Waals surface area contributed by atoms with Crippen LogP contribution >= 0.6 is 0 Å². The largest absolute Gasteiger partial charge is 0.419 e. The number of alkyl halides is 2. The second kappa shape index (κ2) is 10.5. The monoisotopic (exact) mass is 531 g/mol. The first-order valence-electron chi connectivity index (χ1n) is 12.2. The SMILES string of the molecule is N#CC1CC(F)(F)CN1C(=O)CNC(=O)c1ccnc2ccc(C=COC(=O)N3CCc4ccccc43)cc12. The van der Waals surface area contributed by atoms with E-state index in [9.17, 15) is 23.2 Å². The highest BCUT2D eigenvalue weighted by Gasteiger charge is 2.47. The Morgan fingerprint density at radius 3 is 2.85 bits per heavy atom. The van der Waals surface area contributed by atoms with Crippen LogP contribution in [0, 0.1) is 11.3 Å². The number of benzene rings is 2. The summed E-state index contributed by atoms with van der Waals surface area (Å²) in [5.74, 6) is -4.51. The zero-order valence-corrected chi connectivity index (χ0v) is 20.6. The van der Waals surface area contributed by atoms with Crippen LogP contribution in [0.2, 0.25) is 0 Å². The molecule has 2 aliphatic rings. The number of anilines is 1. The fourth-order valence-corrected chi connectivity index (χ4v) is 4.77. The fourth-order valence-electron chi connectivity index (χ4n) is 4.77. The van der Waals surface area contributed by atoms with Crippen LogP contribution in [0.15, 0.2) is 61.0 Å². The van der Waals surface area contributed by atoms with E-state index in [-0.39, 0.29) is 5.56 Å². The van der Waals surface area contributed by atoms with E-state index in [1.54, 1.807) is 35.2 Å². The summed E-state index contributed by atoms with van der Waals surface area (Å²) in [5, 5.41) is 12.0. The highest BCUT2D eigenvalue weighted by molar-refractivity contribution is 6.07. The van der Waals surface area contributed by atoms with Crippen molar-refractivity contribution >= 4 is 40.6 Å². The molecule has 198 valence electrons. The molecular formula is C28H23F2N5O4. The number of pyridine rings is 1. The number of hydrogen-bond acceptors (Lipinski definition) is 6. The van der Waals surface area contributed by atoms with Gasteiger partial charge in [-0.3, -0.25) is 19.5 Å². The lowest BCUT2D eigenvalue weighted by Crippen LogP contribution is -2.43. The van der Waals surface area contributed by atoms with Crippen LogP contribution in [0.5, 0.6) is 0 Å². The Labute approximate surface area is 222 Å². The molecular weight excluding hydrogens is 508 g/mol. The smallest absolute Gasteiger partial charge is 0.418 e. The Morgan fingerprint density at radius 1 is 1.21 bits per heavy atom. The minimum Gasteiger partial charge on any atom is -0.418 e. The normalized spacial score (nSPS) is 17.7. The van der Waals surface area contributed by atoms with Crippen LogP contribution < -0.4 is 10.2 Å². The lowest BCUT2D eigenvalue weighted by atomic mass is 10.1. The quantitative estimate of drug-likeness (QED) is 0.500. The summed E-state index contributed by atoms with van der Waals surface area (Å²) in [6.45, 7) is -0.860. The van der Waals surface area contributed by atoms with Gasteiger partial charge in [-0.25, -0.2) is 13.6 Å². The van der Waals surface area contributed by atoms with Crippen molar-refractivity contribution in [3.63, 3.8) is 0 Å². The first kappa shape index (κ1) is 25.8. The molecule has 5 rings (SSSR count). The van der Waals surface area contributed by atoms with E-state index < -0.39 is 49.4 Å². The number of fused-ring (bicyclic) bond motifs is 2. The highest BCUT2D eigenvalue weighted by Crippen LogP contribution is 2.32. The number of hydrogen-bond donors (Lipinski definition) is 1. The number of carbonyl (C=O) groups excluding carboxylic acids is 3. The van der Waals surface area contributed by atoms with E-state index in [1.165, 1.54) is 18.5 Å². The van der Waals surface area contributed by atoms with Gasteiger partial charge in [-0.1, -0.05) is 24.3 Å². The van der Waals surface area contributed by atoms with Gasteiger partial charge < -0.3 is 15.0 Å². The maximum Gasteiger partial charge on any atom is 0.419 e. The number of aromatic nitrogens is 1. The number of nitriles is 1. The zero-order chi connectivity index (χ0) is 27.6. The Hall–Kier alpha value is -4.85. The number of amides is 3. The first-order valence-corrected chi connectivity index (χ1v) is 12.2. The van der Waals surface area contributed by atoms with Crippen molar-refractivity contribution in [3.05, 3.63) is 77.7 Å². The van der Waals surface area contributed by atoms with Gasteiger partial charge >= 0.3 is 6.09 Å². The molecule has 2 aromatic carbocycles. The van der Waals surface area contributed by atoms with Crippen molar-refractivity contribution in [2.75, 3.05) is 24.5 Å². The number of halogens is 2. The van der Waals surface area contributed by atoms with Crippen LogP contribution in [0.25, 0.3) is 17.0 Å². The summed E-state index contributed by atoms with van der Waals surface area (Å²) in [6, 6.07) is 14.7. The van der Waals surface area contributed by atoms with Gasteiger partial charge in [0.25, 0.3) is 11.8 Å². The molecule has 0 spiro atoms. The van der Waals surface area contributed by atoms with Crippen LogP contribution in [0.4, 0.5) is 19.3 Å². The molecule has 3 heterocycles. The number of ether oxygens (including phenoxy) is 1. The standard InChI is InChI=1S/C28H23F2N5O4/c29-28(30)14-20(15-31)35(17-28)25(36)16-33-26(37)21-7-10-32-23-6-5-18(13-22(21)23)9-12-39-27(38)34-11-8-19-3-1-2-4-24(19)34/h1-7,9-10,12-13,20H,8,11,14,16-17H2,(H,33,37). The van der Waals surface area contributed by atoms with Gasteiger partial charge in [0.15, 0.2) is 0 Å². The second-order valence-electron chi connectivity index (χ2n) is 9.26. The Bertz CT molecular complexity index is 1530. The molecule has 11 heteroatoms. The lowest BCUT2D eigenvalue weighted by Gasteiger charge is -2.19. The molecule has 3 amide bonds. The molecule has 1 fully saturated rings. The molecule has 1 saturated heterocycles. The molecule has 1 N–H and O–H groups in total. The van der Waals surface area contributed by atoms with Gasteiger partial charge in [-0.05, 0) is 47.9 Å². The number of para-hydroxylation sites is 1. The minimum atomic E-state index is -3.14. The Balaban J connectivity index is 1.25. The van der Waals surface area contributed by atoms with Crippen molar-refractivity contribution in [1.29, 1.82) is 5.26 Å². The Morgan fingerprint density at radius 2 is 2.03 bits per heavy atom. The third-order valence-corrected chi connectivity index (χ3v) is 6.69. The number of likely N-dealkylation sites (tertiary alicyclic amines) is 1. The molecule has 1 atom stereocenters. The molecule has 2 aliphatic heterocycles. The van der Waals surface area contributed by atoms with E-state index in [1.807, 2.05) is 24.3 Å².